The molecule has 2 aromatic heterocycles. The van der Waals surface area contributed by atoms with Gasteiger partial charge in [0.05, 0.1) is 29.4 Å². The molecule has 0 aliphatic carbocycles. The fourth-order valence-electron chi connectivity index (χ4n) is 5.19. The van der Waals surface area contributed by atoms with Crippen molar-refractivity contribution in [2.75, 3.05) is 19.6 Å². The third-order valence-corrected chi connectivity index (χ3v) is 9.05. The molecule has 2 bridgehead atoms. The fourth-order valence-corrected chi connectivity index (χ4v) is 6.91. The van der Waals surface area contributed by atoms with E-state index in [0.29, 0.717) is 15.7 Å². The van der Waals surface area contributed by atoms with E-state index in [1.807, 2.05) is 41.1 Å². The zero-order valence-electron chi connectivity index (χ0n) is 17.5. The van der Waals surface area contributed by atoms with Crippen molar-refractivity contribution in [1.29, 1.82) is 0 Å². The van der Waals surface area contributed by atoms with Gasteiger partial charge in [-0.05, 0) is 34.4 Å². The molecule has 1 N–H and O–H groups in total. The average molecular weight is 455 g/mol. The largest absolute Gasteiger partial charge is 0.410 e. The zero-order valence-corrected chi connectivity index (χ0v) is 19.1. The first-order valence-corrected chi connectivity index (χ1v) is 12.8. The minimum absolute atomic E-state index is 0.185. The van der Waals surface area contributed by atoms with Gasteiger partial charge in [0.1, 0.15) is 0 Å². The summed E-state index contributed by atoms with van der Waals surface area (Å²) in [4.78, 5) is 14.8. The molecule has 0 amide bonds. The zero-order chi connectivity index (χ0) is 21.3. The number of quaternary nitrogens is 1. The van der Waals surface area contributed by atoms with Crippen LogP contribution in [-0.4, -0.2) is 41.4 Å². The van der Waals surface area contributed by atoms with E-state index in [0.717, 1.165) is 37.0 Å². The van der Waals surface area contributed by atoms with Gasteiger partial charge in [0.15, 0.2) is 0 Å². The highest BCUT2D eigenvalue weighted by Gasteiger charge is 2.52. The standard InChI is InChI=1S/C25H28NO3S2/c27-24(25(28,21-8-4-16-30-21)22-9-5-17-31-22)29-23-18-20-11-14-26(23,15-12-20)13-10-19-6-2-1-3-7-19/h1-9,16-17,20,23,28H,10-15,18H2/q+1/t20?,23-,26?/m1/s1. The van der Waals surface area contributed by atoms with Crippen molar-refractivity contribution in [2.45, 2.75) is 37.5 Å². The number of hydrogen-bond donors (Lipinski definition) is 1. The fraction of sp³-hybridized carbons (Fsp3) is 0.400. The first-order chi connectivity index (χ1) is 15.1. The first-order valence-electron chi connectivity index (χ1n) is 11.0. The topological polar surface area (TPSA) is 46.5 Å². The van der Waals surface area contributed by atoms with Crippen LogP contribution >= 0.6 is 22.7 Å². The van der Waals surface area contributed by atoms with Crippen LogP contribution in [0.3, 0.4) is 0 Å². The molecule has 0 saturated carbocycles. The first kappa shape index (κ1) is 20.9. The number of fused-ring (bicyclic) bond motifs is 3. The number of thiophene rings is 2. The maximum absolute atomic E-state index is 13.6. The van der Waals surface area contributed by atoms with Gasteiger partial charge < -0.3 is 9.84 Å². The average Bonchev–Trinajstić information content (AvgIpc) is 3.54. The predicted molar refractivity (Wildman–Crippen MR) is 124 cm³/mol. The SMILES string of the molecule is O=C(O[C@@H]1CC2CC[N+]1(CCc1ccccc1)CC2)C(O)(c1cccs1)c1cccs1. The minimum Gasteiger partial charge on any atom is -0.410 e. The van der Waals surface area contributed by atoms with Gasteiger partial charge in [-0.15, -0.1) is 22.7 Å². The summed E-state index contributed by atoms with van der Waals surface area (Å²) in [5.74, 6) is 0.0817. The summed E-state index contributed by atoms with van der Waals surface area (Å²) in [7, 11) is 0. The summed E-state index contributed by atoms with van der Waals surface area (Å²) in [5.41, 5.74) is -0.412. The molecule has 3 aliphatic heterocycles. The van der Waals surface area contributed by atoms with E-state index in [-0.39, 0.29) is 6.23 Å². The lowest BCUT2D eigenvalue weighted by atomic mass is 9.84. The van der Waals surface area contributed by atoms with Gasteiger partial charge in [-0.25, -0.2) is 4.79 Å². The summed E-state index contributed by atoms with van der Waals surface area (Å²) < 4.78 is 7.05. The number of benzene rings is 1. The normalized spacial score (nSPS) is 25.5. The van der Waals surface area contributed by atoms with E-state index in [2.05, 4.69) is 24.3 Å². The molecule has 6 rings (SSSR count). The van der Waals surface area contributed by atoms with Crippen molar-refractivity contribution in [3.05, 3.63) is 80.7 Å². The van der Waals surface area contributed by atoms with Crippen LogP contribution in [0, 0.1) is 5.92 Å². The number of aliphatic hydroxyl groups is 1. The summed E-state index contributed by atoms with van der Waals surface area (Å²) in [6.45, 7) is 3.06. The molecule has 3 fully saturated rings. The maximum Gasteiger partial charge on any atom is 0.353 e. The number of piperidine rings is 3. The molecule has 0 spiro atoms. The Morgan fingerprint density at radius 1 is 1.00 bits per heavy atom. The Kier molecular flexibility index (Phi) is 5.73. The van der Waals surface area contributed by atoms with E-state index in [9.17, 15) is 9.90 Å². The summed E-state index contributed by atoms with van der Waals surface area (Å²) in [6.07, 6.45) is 4.08. The summed E-state index contributed by atoms with van der Waals surface area (Å²) >= 11 is 2.78. The molecular weight excluding hydrogens is 426 g/mol. The number of hydrogen-bond acceptors (Lipinski definition) is 5. The van der Waals surface area contributed by atoms with Crippen LogP contribution in [0.2, 0.25) is 0 Å². The van der Waals surface area contributed by atoms with E-state index < -0.39 is 11.6 Å². The molecular formula is C25H28NO3S2+. The second-order valence-corrected chi connectivity index (χ2v) is 10.7. The molecule has 1 atom stereocenters. The molecule has 31 heavy (non-hydrogen) atoms. The van der Waals surface area contributed by atoms with Crippen molar-refractivity contribution in [2.24, 2.45) is 5.92 Å². The molecule has 3 aliphatic rings. The molecule has 3 saturated heterocycles. The van der Waals surface area contributed by atoms with Gasteiger partial charge in [-0.2, -0.15) is 0 Å². The quantitative estimate of drug-likeness (QED) is 0.413. The Morgan fingerprint density at radius 2 is 1.65 bits per heavy atom. The maximum atomic E-state index is 13.6. The van der Waals surface area contributed by atoms with Gasteiger partial charge in [-0.3, -0.25) is 4.48 Å². The highest BCUT2D eigenvalue weighted by Crippen LogP contribution is 2.42. The second-order valence-electron chi connectivity index (χ2n) is 8.83. The van der Waals surface area contributed by atoms with Gasteiger partial charge in [0.2, 0.25) is 11.8 Å². The number of nitrogens with zero attached hydrogens (tertiary/aromatic N) is 1. The van der Waals surface area contributed by atoms with Crippen LogP contribution in [0.4, 0.5) is 0 Å². The Balaban J connectivity index is 1.40. The van der Waals surface area contributed by atoms with Crippen molar-refractivity contribution >= 4 is 28.6 Å². The highest BCUT2D eigenvalue weighted by atomic mass is 32.1. The van der Waals surface area contributed by atoms with E-state index in [1.165, 1.54) is 41.1 Å². The molecule has 162 valence electrons. The second kappa shape index (κ2) is 8.51. The van der Waals surface area contributed by atoms with Crippen LogP contribution in [0.1, 0.15) is 34.6 Å². The molecule has 5 heterocycles. The molecule has 3 aromatic rings. The molecule has 0 radical (unpaired) electrons. The minimum atomic E-state index is -1.73. The van der Waals surface area contributed by atoms with E-state index in [1.54, 1.807) is 0 Å². The van der Waals surface area contributed by atoms with Crippen LogP contribution in [0.5, 0.6) is 0 Å². The van der Waals surface area contributed by atoms with E-state index >= 15 is 0 Å². The third kappa shape index (κ3) is 3.87. The Morgan fingerprint density at radius 3 is 2.23 bits per heavy atom. The van der Waals surface area contributed by atoms with Gasteiger partial charge in [-0.1, -0.05) is 42.5 Å². The lowest BCUT2D eigenvalue weighted by molar-refractivity contribution is -0.984. The van der Waals surface area contributed by atoms with E-state index in [4.69, 9.17) is 4.74 Å². The monoisotopic (exact) mass is 454 g/mol. The van der Waals surface area contributed by atoms with Crippen molar-refractivity contribution < 1.29 is 19.1 Å². The van der Waals surface area contributed by atoms with Crippen molar-refractivity contribution in [1.82, 2.24) is 0 Å². The van der Waals surface area contributed by atoms with Crippen LogP contribution < -0.4 is 0 Å². The van der Waals surface area contributed by atoms with Crippen molar-refractivity contribution in [3.8, 4) is 0 Å². The lowest BCUT2D eigenvalue weighted by Gasteiger charge is -2.53. The number of carbonyl (C=O) groups is 1. The number of ether oxygens (including phenoxy) is 1. The van der Waals surface area contributed by atoms with Crippen LogP contribution in [0.25, 0.3) is 0 Å². The van der Waals surface area contributed by atoms with Crippen LogP contribution in [-0.2, 0) is 21.6 Å². The third-order valence-electron chi connectivity index (χ3n) is 7.09. The predicted octanol–water partition coefficient (Wildman–Crippen LogP) is 4.79. The smallest absolute Gasteiger partial charge is 0.353 e. The van der Waals surface area contributed by atoms with Crippen molar-refractivity contribution in [3.63, 3.8) is 0 Å². The Bertz CT molecular complexity index is 959. The molecule has 4 nitrogen and oxygen atoms in total. The number of carbonyl (C=O) groups excluding carboxylic acids is 1. The van der Waals surface area contributed by atoms with Gasteiger partial charge >= 0.3 is 5.97 Å². The Hall–Kier alpha value is -1.99. The van der Waals surface area contributed by atoms with Crippen LogP contribution in [0.15, 0.2) is 65.4 Å². The molecule has 6 heteroatoms. The molecule has 1 aromatic carbocycles. The lowest BCUT2D eigenvalue weighted by Crippen LogP contribution is -2.66. The highest BCUT2D eigenvalue weighted by molar-refractivity contribution is 7.12. The number of rotatable bonds is 7. The Labute approximate surface area is 191 Å². The van der Waals surface area contributed by atoms with Gasteiger partial charge in [0, 0.05) is 25.7 Å². The molecule has 0 unspecified atom stereocenters. The number of esters is 1. The summed E-state index contributed by atoms with van der Waals surface area (Å²) in [5, 5.41) is 15.4. The van der Waals surface area contributed by atoms with Gasteiger partial charge in [0.25, 0.3) is 0 Å². The summed E-state index contributed by atoms with van der Waals surface area (Å²) in [6, 6.07) is 17.9.